The van der Waals surface area contributed by atoms with Crippen LogP contribution in [0.15, 0.2) is 70.0 Å². The van der Waals surface area contributed by atoms with Crippen LogP contribution >= 0.6 is 0 Å². The molecule has 35 heavy (non-hydrogen) atoms. The van der Waals surface area contributed by atoms with Crippen molar-refractivity contribution >= 4 is 23.8 Å². The van der Waals surface area contributed by atoms with Gasteiger partial charge in [0.05, 0.1) is 26.0 Å². The van der Waals surface area contributed by atoms with E-state index in [0.717, 1.165) is 37.2 Å². The van der Waals surface area contributed by atoms with E-state index >= 15 is 0 Å². The number of ether oxygens (including phenoxy) is 2. The third-order valence-electron chi connectivity index (χ3n) is 4.94. The highest BCUT2D eigenvalue weighted by atomic mass is 16.5. The summed E-state index contributed by atoms with van der Waals surface area (Å²) in [5.74, 6) is 2.18. The van der Waals surface area contributed by atoms with Gasteiger partial charge in [0.2, 0.25) is 5.96 Å². The average Bonchev–Trinajstić information content (AvgIpc) is 2.85. The number of hydrazone groups is 1. The second-order valence-corrected chi connectivity index (χ2v) is 7.78. The Labute approximate surface area is 208 Å². The monoisotopic (exact) mass is 479 g/mol. The number of rotatable bonds is 11. The van der Waals surface area contributed by atoms with Gasteiger partial charge in [-0.3, -0.25) is 0 Å². The van der Waals surface area contributed by atoms with Crippen molar-refractivity contribution in [3.63, 3.8) is 0 Å². The van der Waals surface area contributed by atoms with Crippen molar-refractivity contribution in [3.05, 3.63) is 66.0 Å². The van der Waals surface area contributed by atoms with Gasteiger partial charge in [-0.25, -0.2) is 5.43 Å². The van der Waals surface area contributed by atoms with Crippen molar-refractivity contribution in [3.8, 4) is 11.5 Å². The fraction of sp³-hybridized carbons (Fsp3) is 0.346. The molecule has 0 radical (unpaired) electrons. The predicted molar refractivity (Wildman–Crippen MR) is 145 cm³/mol. The molecule has 0 fully saturated rings. The summed E-state index contributed by atoms with van der Waals surface area (Å²) >= 11 is 0. The lowest BCUT2D eigenvalue weighted by molar-refractivity contribution is 0.393. The second kappa shape index (κ2) is 14.3. The Morgan fingerprint density at radius 2 is 1.60 bits per heavy atom. The van der Waals surface area contributed by atoms with E-state index in [1.165, 1.54) is 0 Å². The van der Waals surface area contributed by atoms with Gasteiger partial charge in [-0.2, -0.15) is 15.1 Å². The quantitative estimate of drug-likeness (QED) is 0.252. The lowest BCUT2D eigenvalue weighted by atomic mass is 10.2. The van der Waals surface area contributed by atoms with Gasteiger partial charge in [0.15, 0.2) is 5.96 Å². The van der Waals surface area contributed by atoms with Crippen molar-refractivity contribution in [2.45, 2.75) is 33.6 Å². The molecule has 0 saturated heterocycles. The topological polar surface area (TPSA) is 109 Å². The molecule has 0 aliphatic rings. The molecule has 9 nitrogen and oxygen atoms in total. The molecule has 0 spiro atoms. The first kappa shape index (κ1) is 27.2. The fourth-order valence-electron chi connectivity index (χ4n) is 3.26. The predicted octanol–water partition coefficient (Wildman–Crippen LogP) is 4.31. The second-order valence-electron chi connectivity index (χ2n) is 7.78. The number of guanidine groups is 2. The van der Waals surface area contributed by atoms with Crippen LogP contribution in [-0.2, 0) is 0 Å². The number of anilines is 1. The molecule has 0 atom stereocenters. The van der Waals surface area contributed by atoms with Crippen molar-refractivity contribution in [2.75, 3.05) is 32.6 Å². The Morgan fingerprint density at radius 1 is 1.00 bits per heavy atom. The summed E-state index contributed by atoms with van der Waals surface area (Å²) in [5.41, 5.74) is 11.9. The Morgan fingerprint density at radius 3 is 2.14 bits per heavy atom. The molecule has 0 aliphatic carbocycles. The molecular formula is C26H37N7O2. The number of aliphatic imine (C=N–C) groups is 2. The molecule has 0 amide bonds. The maximum Gasteiger partial charge on any atom is 0.248 e. The molecular weight excluding hydrogens is 442 g/mol. The maximum absolute atomic E-state index is 6.32. The highest BCUT2D eigenvalue weighted by Crippen LogP contribution is 2.26. The van der Waals surface area contributed by atoms with Crippen LogP contribution in [0.2, 0.25) is 0 Å². The van der Waals surface area contributed by atoms with Gasteiger partial charge >= 0.3 is 0 Å². The summed E-state index contributed by atoms with van der Waals surface area (Å²) in [6, 6.07) is 13.4. The minimum atomic E-state index is 0.189. The molecule has 9 heteroatoms. The SMILES string of the molecule is C=C(/N=C(\N=C(/N)N(CCC)CCC)N/N=C/c1c(OC)cccc1OC)Nc1ccc(C)cc1. The van der Waals surface area contributed by atoms with Crippen molar-refractivity contribution in [1.82, 2.24) is 10.3 Å². The van der Waals surface area contributed by atoms with Crippen LogP contribution in [0.5, 0.6) is 11.5 Å². The largest absolute Gasteiger partial charge is 0.496 e. The van der Waals surface area contributed by atoms with E-state index in [9.17, 15) is 0 Å². The number of nitrogens with zero attached hydrogens (tertiary/aromatic N) is 4. The molecule has 2 rings (SSSR count). The number of hydrogen-bond donors (Lipinski definition) is 3. The molecule has 0 heterocycles. The Balaban J connectivity index is 2.33. The standard InChI is InChI=1S/C26H37N7O2/c1-7-16-33(17-8-2)25(27)31-26(30-20(4)29-21-14-12-19(3)13-15-21)32-28-18-22-23(34-5)10-9-11-24(22)35-6/h9-15,18,29H,4,7-8,16-17H2,1-3,5-6H3,(H3,27,30,31,32)/b28-18+. The van der Waals surface area contributed by atoms with E-state index in [1.54, 1.807) is 20.4 Å². The lowest BCUT2D eigenvalue weighted by Gasteiger charge is -2.22. The van der Waals surface area contributed by atoms with Gasteiger partial charge < -0.3 is 25.4 Å². The molecule has 0 aliphatic heterocycles. The first-order valence-electron chi connectivity index (χ1n) is 11.6. The van der Waals surface area contributed by atoms with Crippen LogP contribution in [0, 0.1) is 6.92 Å². The molecule has 0 aromatic heterocycles. The van der Waals surface area contributed by atoms with E-state index in [4.69, 9.17) is 15.2 Å². The number of aryl methyl sites for hydroxylation is 1. The highest BCUT2D eigenvalue weighted by molar-refractivity contribution is 5.95. The Kier molecular flexibility index (Phi) is 11.1. The first-order chi connectivity index (χ1) is 16.9. The smallest absolute Gasteiger partial charge is 0.248 e. The third kappa shape index (κ3) is 8.69. The van der Waals surface area contributed by atoms with Gasteiger partial charge in [-0.1, -0.05) is 44.2 Å². The highest BCUT2D eigenvalue weighted by Gasteiger charge is 2.10. The minimum absolute atomic E-state index is 0.189. The molecule has 2 aromatic carbocycles. The van der Waals surface area contributed by atoms with Gasteiger partial charge in [-0.15, -0.1) is 0 Å². The summed E-state index contributed by atoms with van der Waals surface area (Å²) in [6.07, 6.45) is 3.48. The molecule has 0 unspecified atom stereocenters. The van der Waals surface area contributed by atoms with Gasteiger partial charge in [0.1, 0.15) is 17.3 Å². The van der Waals surface area contributed by atoms with Gasteiger partial charge in [0.25, 0.3) is 0 Å². The number of nitrogens with one attached hydrogen (secondary N) is 2. The summed E-state index contributed by atoms with van der Waals surface area (Å²) in [7, 11) is 3.18. The van der Waals surface area contributed by atoms with Gasteiger partial charge in [0, 0.05) is 18.8 Å². The summed E-state index contributed by atoms with van der Waals surface area (Å²) < 4.78 is 10.9. The van der Waals surface area contributed by atoms with Crippen molar-refractivity contribution in [1.29, 1.82) is 0 Å². The van der Waals surface area contributed by atoms with E-state index in [1.807, 2.05) is 54.3 Å². The zero-order chi connectivity index (χ0) is 25.6. The summed E-state index contributed by atoms with van der Waals surface area (Å²) in [6.45, 7) is 11.8. The molecule has 2 aromatic rings. The fourth-order valence-corrected chi connectivity index (χ4v) is 3.26. The van der Waals surface area contributed by atoms with Crippen molar-refractivity contribution in [2.24, 2.45) is 20.8 Å². The molecule has 0 bridgehead atoms. The number of nitrogens with two attached hydrogens (primary N) is 1. The normalized spacial score (nSPS) is 11.9. The molecule has 0 saturated carbocycles. The van der Waals surface area contributed by atoms with Crippen LogP contribution in [0.4, 0.5) is 5.69 Å². The first-order valence-corrected chi connectivity index (χ1v) is 11.6. The maximum atomic E-state index is 6.32. The number of benzene rings is 2. The van der Waals surface area contributed by atoms with Crippen LogP contribution in [-0.4, -0.2) is 50.3 Å². The number of methoxy groups -OCH3 is 2. The summed E-state index contributed by atoms with van der Waals surface area (Å²) in [5, 5.41) is 7.48. The zero-order valence-electron chi connectivity index (χ0n) is 21.3. The Bertz CT molecular complexity index is 1020. The number of hydrogen-bond acceptors (Lipinski definition) is 5. The van der Waals surface area contributed by atoms with E-state index < -0.39 is 0 Å². The molecule has 4 N–H and O–H groups in total. The van der Waals surface area contributed by atoms with Crippen LogP contribution in [0.25, 0.3) is 0 Å². The van der Waals surface area contributed by atoms with E-state index in [2.05, 4.69) is 46.3 Å². The van der Waals surface area contributed by atoms with Crippen LogP contribution < -0.4 is 25.9 Å². The van der Waals surface area contributed by atoms with Crippen LogP contribution in [0.3, 0.4) is 0 Å². The zero-order valence-corrected chi connectivity index (χ0v) is 21.3. The van der Waals surface area contributed by atoms with E-state index in [-0.39, 0.29) is 5.96 Å². The lowest BCUT2D eigenvalue weighted by Crippen LogP contribution is -2.40. The molecule has 188 valence electrons. The third-order valence-corrected chi connectivity index (χ3v) is 4.94. The minimum Gasteiger partial charge on any atom is -0.496 e. The van der Waals surface area contributed by atoms with Crippen molar-refractivity contribution < 1.29 is 9.47 Å². The van der Waals surface area contributed by atoms with Crippen LogP contribution in [0.1, 0.15) is 37.8 Å². The van der Waals surface area contributed by atoms with E-state index in [0.29, 0.717) is 28.8 Å². The average molecular weight is 480 g/mol. The summed E-state index contributed by atoms with van der Waals surface area (Å²) in [4.78, 5) is 11.0. The Hall–Kier alpha value is -4.01. The van der Waals surface area contributed by atoms with Gasteiger partial charge in [-0.05, 0) is 44.0 Å².